The lowest BCUT2D eigenvalue weighted by molar-refractivity contribution is -0.361. The highest BCUT2D eigenvalue weighted by Gasteiger charge is 2.31. The first-order valence-corrected chi connectivity index (χ1v) is 8.73. The van der Waals surface area contributed by atoms with E-state index in [0.717, 1.165) is 17.7 Å². The smallest absolute Gasteiger partial charge is 0.365 e. The quantitative estimate of drug-likeness (QED) is 0.604. The van der Waals surface area contributed by atoms with Crippen LogP contribution in [-0.4, -0.2) is 28.0 Å². The summed E-state index contributed by atoms with van der Waals surface area (Å²) >= 11 is 6.27. The van der Waals surface area contributed by atoms with Crippen LogP contribution in [0.1, 0.15) is 11.3 Å². The molecule has 3 aromatic rings. The van der Waals surface area contributed by atoms with Crippen molar-refractivity contribution < 1.29 is 18.2 Å². The van der Waals surface area contributed by atoms with Crippen molar-refractivity contribution in [3.63, 3.8) is 0 Å². The fraction of sp³-hybridized carbons (Fsp3) is 0.222. The molecule has 0 atom stereocenters. The molecule has 10 heteroatoms. The Bertz CT molecular complexity index is 950. The van der Waals surface area contributed by atoms with Crippen LogP contribution in [0.25, 0.3) is 11.4 Å². The molecule has 0 saturated carbocycles. The van der Waals surface area contributed by atoms with Crippen molar-refractivity contribution in [2.45, 2.75) is 13.1 Å². The van der Waals surface area contributed by atoms with Gasteiger partial charge in [0.15, 0.2) is 5.82 Å². The van der Waals surface area contributed by atoms with Crippen molar-refractivity contribution >= 4 is 23.2 Å². The molecule has 0 spiro atoms. The number of halogens is 4. The molecule has 3 heterocycles. The van der Waals surface area contributed by atoms with E-state index in [9.17, 15) is 13.2 Å². The molecule has 146 valence electrons. The lowest BCUT2D eigenvalue weighted by atomic mass is 10.2. The summed E-state index contributed by atoms with van der Waals surface area (Å²) in [5, 5.41) is 6.37. The second kappa shape index (κ2) is 8.39. The summed E-state index contributed by atoms with van der Waals surface area (Å²) in [5.74, 6) is 1.22. The summed E-state index contributed by atoms with van der Waals surface area (Å²) in [7, 11) is 0. The molecule has 0 aliphatic heterocycles. The number of aromatic amines is 1. The third-order valence-corrected chi connectivity index (χ3v) is 4.27. The van der Waals surface area contributed by atoms with Gasteiger partial charge in [0.25, 0.3) is 5.82 Å². The minimum atomic E-state index is -4.39. The third-order valence-electron chi connectivity index (χ3n) is 3.82. The molecular weight excluding hydrogens is 393 g/mol. The Balaban J connectivity index is 1.64. The second-order valence-electron chi connectivity index (χ2n) is 5.87. The summed E-state index contributed by atoms with van der Waals surface area (Å²) in [6.45, 7) is 2.51. The highest BCUT2D eigenvalue weighted by molar-refractivity contribution is 6.33. The molecule has 0 aromatic carbocycles. The van der Waals surface area contributed by atoms with Crippen LogP contribution in [0.5, 0.6) is 0 Å². The number of nitrogens with zero attached hydrogens (tertiary/aromatic N) is 3. The number of pyridine rings is 2. The van der Waals surface area contributed by atoms with Gasteiger partial charge < -0.3 is 5.32 Å². The Morgan fingerprint density at radius 1 is 1.07 bits per heavy atom. The number of hydrogen-bond acceptors (Lipinski definition) is 5. The lowest BCUT2D eigenvalue weighted by Crippen LogP contribution is -2.21. The van der Waals surface area contributed by atoms with Gasteiger partial charge in [-0.2, -0.15) is 13.2 Å². The Morgan fingerprint density at radius 2 is 1.79 bits per heavy atom. The first-order valence-electron chi connectivity index (χ1n) is 8.36. The van der Waals surface area contributed by atoms with E-state index in [-0.39, 0.29) is 5.82 Å². The monoisotopic (exact) mass is 409 g/mol. The number of rotatable bonds is 6. The van der Waals surface area contributed by atoms with Gasteiger partial charge in [-0.3, -0.25) is 10.3 Å². The maximum Gasteiger partial charge on any atom is 0.416 e. The maximum atomic E-state index is 12.8. The third kappa shape index (κ3) is 4.86. The van der Waals surface area contributed by atoms with E-state index in [1.54, 1.807) is 31.5 Å². The van der Waals surface area contributed by atoms with Gasteiger partial charge in [0, 0.05) is 24.0 Å². The molecule has 0 amide bonds. The van der Waals surface area contributed by atoms with Crippen LogP contribution in [-0.2, 0) is 6.18 Å². The van der Waals surface area contributed by atoms with Crippen LogP contribution in [0, 0.1) is 6.92 Å². The van der Waals surface area contributed by atoms with Crippen molar-refractivity contribution in [1.82, 2.24) is 15.0 Å². The molecular formula is C18H17ClF3N6+. The zero-order valence-corrected chi connectivity index (χ0v) is 15.6. The molecule has 0 aliphatic rings. The van der Waals surface area contributed by atoms with Crippen LogP contribution in [0.4, 0.5) is 24.8 Å². The largest absolute Gasteiger partial charge is 0.416 e. The van der Waals surface area contributed by atoms with Crippen LogP contribution >= 0.6 is 11.6 Å². The second-order valence-corrected chi connectivity index (χ2v) is 6.25. The van der Waals surface area contributed by atoms with Gasteiger partial charge in [0.05, 0.1) is 24.0 Å². The van der Waals surface area contributed by atoms with Crippen LogP contribution in [0.3, 0.4) is 0 Å². The summed E-state index contributed by atoms with van der Waals surface area (Å²) in [6, 6.07) is 5.58. The minimum absolute atomic E-state index is 0.263. The predicted octanol–water partition coefficient (Wildman–Crippen LogP) is 3.86. The molecule has 0 bridgehead atoms. The molecule has 3 aromatic heterocycles. The number of aromatic nitrogens is 4. The maximum absolute atomic E-state index is 12.8. The van der Waals surface area contributed by atoms with Crippen LogP contribution in [0.2, 0.25) is 5.02 Å². The molecule has 0 radical (unpaired) electrons. The molecule has 28 heavy (non-hydrogen) atoms. The molecule has 3 N–H and O–H groups in total. The number of hydrogen-bond donors (Lipinski definition) is 2. The Hall–Kier alpha value is -2.94. The van der Waals surface area contributed by atoms with Crippen molar-refractivity contribution in [2.24, 2.45) is 0 Å². The number of H-pyrrole nitrogens is 1. The predicted molar refractivity (Wildman–Crippen MR) is 100.0 cm³/mol. The molecule has 0 saturated heterocycles. The summed E-state index contributed by atoms with van der Waals surface area (Å²) < 4.78 is 38.3. The van der Waals surface area contributed by atoms with E-state index in [0.29, 0.717) is 35.4 Å². The fourth-order valence-corrected chi connectivity index (χ4v) is 2.58. The molecule has 3 rings (SSSR count). The number of alkyl halides is 3. The van der Waals surface area contributed by atoms with Crippen LogP contribution < -0.4 is 15.6 Å². The van der Waals surface area contributed by atoms with E-state index in [4.69, 9.17) is 11.6 Å². The van der Waals surface area contributed by atoms with E-state index >= 15 is 0 Å². The van der Waals surface area contributed by atoms with E-state index in [2.05, 4.69) is 30.6 Å². The van der Waals surface area contributed by atoms with Gasteiger partial charge >= 0.3 is 6.18 Å². The van der Waals surface area contributed by atoms with Crippen molar-refractivity contribution in [3.05, 3.63) is 59.1 Å². The van der Waals surface area contributed by atoms with Gasteiger partial charge in [-0.15, -0.1) is 0 Å². The molecule has 0 fully saturated rings. The normalized spacial score (nSPS) is 11.3. The zero-order valence-electron chi connectivity index (χ0n) is 14.8. The summed E-state index contributed by atoms with van der Waals surface area (Å²) in [4.78, 5) is 15.5. The number of nitrogens with one attached hydrogen (secondary N) is 3. The molecule has 0 aliphatic carbocycles. The number of anilines is 2. The van der Waals surface area contributed by atoms with E-state index in [1.165, 1.54) is 6.20 Å². The lowest BCUT2D eigenvalue weighted by Gasteiger charge is -2.11. The topological polar surface area (TPSA) is 76.9 Å². The number of aryl methyl sites for hydroxylation is 1. The first kappa shape index (κ1) is 19.8. The standard InChI is InChI=1S/C18H16ClF3N6/c1-11-15(19)17(28-16(27-11)12-2-5-23-6-3-12)26-9-8-25-14-10-13(4-7-24-14)18(20,21)22/h2-7,10H,8-9H2,1H3,(H,24,25)(H,26,27,28)/p+1. The van der Waals surface area contributed by atoms with Gasteiger partial charge in [-0.1, -0.05) is 11.6 Å². The summed E-state index contributed by atoms with van der Waals surface area (Å²) in [6.07, 6.45) is 0.139. The van der Waals surface area contributed by atoms with Crippen molar-refractivity contribution in [1.29, 1.82) is 0 Å². The first-order chi connectivity index (χ1) is 13.3. The molecule has 6 nitrogen and oxygen atoms in total. The van der Waals surface area contributed by atoms with Gasteiger partial charge in [0.2, 0.25) is 0 Å². The SMILES string of the molecule is Cc1nc(-c2ccncc2)nc(NCCNc2cc(C(F)(F)F)cc[nH+]2)c1Cl. The molecule has 0 unspecified atom stereocenters. The van der Waals surface area contributed by atoms with Gasteiger partial charge in [0.1, 0.15) is 17.4 Å². The average molecular weight is 410 g/mol. The Morgan fingerprint density at radius 3 is 2.50 bits per heavy atom. The van der Waals surface area contributed by atoms with Gasteiger partial charge in [-0.05, 0) is 25.1 Å². The van der Waals surface area contributed by atoms with E-state index in [1.807, 2.05) is 0 Å². The average Bonchev–Trinajstić information content (AvgIpc) is 2.68. The Kier molecular flexibility index (Phi) is 5.93. The minimum Gasteiger partial charge on any atom is -0.365 e. The Labute approximate surface area is 164 Å². The van der Waals surface area contributed by atoms with Crippen molar-refractivity contribution in [3.8, 4) is 11.4 Å². The van der Waals surface area contributed by atoms with E-state index < -0.39 is 11.7 Å². The summed E-state index contributed by atoms with van der Waals surface area (Å²) in [5.41, 5.74) is 0.692. The van der Waals surface area contributed by atoms with Gasteiger partial charge in [-0.25, -0.2) is 15.0 Å². The van der Waals surface area contributed by atoms with Crippen LogP contribution in [0.15, 0.2) is 42.9 Å². The highest BCUT2D eigenvalue weighted by Crippen LogP contribution is 2.29. The highest BCUT2D eigenvalue weighted by atomic mass is 35.5. The fourth-order valence-electron chi connectivity index (χ4n) is 2.43. The zero-order chi connectivity index (χ0) is 20.1. The van der Waals surface area contributed by atoms with Crippen molar-refractivity contribution in [2.75, 3.05) is 23.7 Å².